The van der Waals surface area contributed by atoms with Gasteiger partial charge in [0.25, 0.3) is 0 Å². The quantitative estimate of drug-likeness (QED) is 0.555. The van der Waals surface area contributed by atoms with Crippen LogP contribution in [0.15, 0.2) is 60.7 Å². The Bertz CT molecular complexity index is 608. The Labute approximate surface area is 136 Å². The molecule has 23 heavy (non-hydrogen) atoms. The molecular weight excluding hydrogens is 292 g/mol. The minimum atomic E-state index is -0.323. The molecule has 0 aromatic heterocycles. The minimum absolute atomic E-state index is 0.0861. The largest absolute Gasteiger partial charge is 0.462 e. The third-order valence-corrected chi connectivity index (χ3v) is 3.26. The van der Waals surface area contributed by atoms with Gasteiger partial charge in [-0.25, -0.2) is 0 Å². The van der Waals surface area contributed by atoms with Crippen molar-refractivity contribution in [2.45, 2.75) is 19.3 Å². The molecule has 0 fully saturated rings. The van der Waals surface area contributed by atoms with Crippen LogP contribution in [0.4, 0.5) is 0 Å². The van der Waals surface area contributed by atoms with Gasteiger partial charge in [-0.1, -0.05) is 60.7 Å². The SMILES string of the molecule is O=C(CCc1ccccc1)OCCOC(=O)Cc1ccccc1. The van der Waals surface area contributed by atoms with E-state index in [1.165, 1.54) is 0 Å². The minimum Gasteiger partial charge on any atom is -0.462 e. The Morgan fingerprint density at radius 3 is 1.83 bits per heavy atom. The van der Waals surface area contributed by atoms with Gasteiger partial charge in [0.1, 0.15) is 13.2 Å². The van der Waals surface area contributed by atoms with E-state index in [-0.39, 0.29) is 31.6 Å². The number of carbonyl (C=O) groups excluding carboxylic acids is 2. The van der Waals surface area contributed by atoms with E-state index in [1.807, 2.05) is 60.7 Å². The summed E-state index contributed by atoms with van der Waals surface area (Å²) in [4.78, 5) is 23.2. The lowest BCUT2D eigenvalue weighted by Gasteiger charge is -2.07. The molecule has 2 rings (SSSR count). The summed E-state index contributed by atoms with van der Waals surface area (Å²) in [5, 5.41) is 0. The van der Waals surface area contributed by atoms with Gasteiger partial charge in [-0.3, -0.25) is 9.59 Å². The maximum Gasteiger partial charge on any atom is 0.310 e. The average molecular weight is 312 g/mol. The van der Waals surface area contributed by atoms with Crippen molar-refractivity contribution in [2.75, 3.05) is 13.2 Å². The molecule has 2 aromatic carbocycles. The molecule has 0 saturated carbocycles. The van der Waals surface area contributed by atoms with Gasteiger partial charge in [-0.15, -0.1) is 0 Å². The fourth-order valence-electron chi connectivity index (χ4n) is 2.09. The van der Waals surface area contributed by atoms with Crippen LogP contribution in [-0.2, 0) is 31.9 Å². The van der Waals surface area contributed by atoms with E-state index in [0.29, 0.717) is 12.8 Å². The van der Waals surface area contributed by atoms with Gasteiger partial charge < -0.3 is 9.47 Å². The summed E-state index contributed by atoms with van der Waals surface area (Å²) >= 11 is 0. The molecule has 0 aliphatic heterocycles. The van der Waals surface area contributed by atoms with E-state index >= 15 is 0 Å². The first-order valence-electron chi connectivity index (χ1n) is 7.63. The van der Waals surface area contributed by atoms with E-state index in [1.54, 1.807) is 0 Å². The lowest BCUT2D eigenvalue weighted by Crippen LogP contribution is -2.15. The van der Waals surface area contributed by atoms with Crippen molar-refractivity contribution < 1.29 is 19.1 Å². The molecule has 4 heteroatoms. The molecule has 0 atom stereocenters. The molecule has 0 aliphatic rings. The molecule has 0 unspecified atom stereocenters. The Morgan fingerprint density at radius 2 is 1.22 bits per heavy atom. The van der Waals surface area contributed by atoms with E-state index in [4.69, 9.17) is 9.47 Å². The van der Waals surface area contributed by atoms with Crippen LogP contribution in [0.1, 0.15) is 17.5 Å². The first-order chi connectivity index (χ1) is 11.2. The van der Waals surface area contributed by atoms with Gasteiger partial charge in [0.05, 0.1) is 6.42 Å². The van der Waals surface area contributed by atoms with Gasteiger partial charge in [0, 0.05) is 6.42 Å². The van der Waals surface area contributed by atoms with Crippen molar-refractivity contribution in [3.63, 3.8) is 0 Å². The van der Waals surface area contributed by atoms with E-state index in [0.717, 1.165) is 11.1 Å². The number of benzene rings is 2. The molecule has 0 bridgehead atoms. The summed E-state index contributed by atoms with van der Waals surface area (Å²) in [7, 11) is 0. The zero-order chi connectivity index (χ0) is 16.3. The fraction of sp³-hybridized carbons (Fsp3) is 0.263. The highest BCUT2D eigenvalue weighted by atomic mass is 16.6. The summed E-state index contributed by atoms with van der Waals surface area (Å²) in [5.41, 5.74) is 2.00. The fourth-order valence-corrected chi connectivity index (χ4v) is 2.09. The van der Waals surface area contributed by atoms with Gasteiger partial charge in [0.15, 0.2) is 0 Å². The van der Waals surface area contributed by atoms with Gasteiger partial charge in [0.2, 0.25) is 0 Å². The number of hydrogen-bond donors (Lipinski definition) is 0. The molecule has 0 heterocycles. The summed E-state index contributed by atoms with van der Waals surface area (Å²) in [6.45, 7) is 0.177. The van der Waals surface area contributed by atoms with Gasteiger partial charge >= 0.3 is 11.9 Å². The molecule has 2 aromatic rings. The van der Waals surface area contributed by atoms with Gasteiger partial charge in [-0.2, -0.15) is 0 Å². The Kier molecular flexibility index (Phi) is 6.85. The summed E-state index contributed by atoms with van der Waals surface area (Å²) in [6.07, 6.45) is 1.19. The van der Waals surface area contributed by atoms with Crippen molar-refractivity contribution in [2.24, 2.45) is 0 Å². The number of carbonyl (C=O) groups is 2. The molecule has 4 nitrogen and oxygen atoms in total. The van der Waals surface area contributed by atoms with E-state index < -0.39 is 0 Å². The van der Waals surface area contributed by atoms with Crippen LogP contribution in [0.5, 0.6) is 0 Å². The van der Waals surface area contributed by atoms with Crippen LogP contribution in [0, 0.1) is 0 Å². The third kappa shape index (κ3) is 6.78. The van der Waals surface area contributed by atoms with Crippen molar-refractivity contribution in [1.82, 2.24) is 0 Å². The second-order valence-corrected chi connectivity index (χ2v) is 5.09. The lowest BCUT2D eigenvalue weighted by atomic mass is 10.1. The highest BCUT2D eigenvalue weighted by Gasteiger charge is 2.06. The van der Waals surface area contributed by atoms with E-state index in [2.05, 4.69) is 0 Å². The molecule has 0 amide bonds. The molecule has 0 radical (unpaired) electrons. The molecule has 120 valence electrons. The van der Waals surface area contributed by atoms with Crippen molar-refractivity contribution in [3.05, 3.63) is 71.8 Å². The van der Waals surface area contributed by atoms with E-state index in [9.17, 15) is 9.59 Å². The predicted molar refractivity (Wildman–Crippen MR) is 86.8 cm³/mol. The standard InChI is InChI=1S/C19H20O4/c20-18(12-11-16-7-3-1-4-8-16)22-13-14-23-19(21)15-17-9-5-2-6-10-17/h1-10H,11-15H2. The second-order valence-electron chi connectivity index (χ2n) is 5.09. The summed E-state index contributed by atoms with van der Waals surface area (Å²) < 4.78 is 10.1. The highest BCUT2D eigenvalue weighted by Crippen LogP contribution is 2.03. The van der Waals surface area contributed by atoms with Crippen LogP contribution in [0.2, 0.25) is 0 Å². The van der Waals surface area contributed by atoms with Crippen molar-refractivity contribution in [3.8, 4) is 0 Å². The molecule has 0 aliphatic carbocycles. The van der Waals surface area contributed by atoms with Crippen molar-refractivity contribution >= 4 is 11.9 Å². The predicted octanol–water partition coefficient (Wildman–Crippen LogP) is 2.95. The van der Waals surface area contributed by atoms with Crippen LogP contribution in [-0.4, -0.2) is 25.2 Å². The molecular formula is C19H20O4. The smallest absolute Gasteiger partial charge is 0.310 e. The maximum atomic E-state index is 11.6. The number of hydrogen-bond acceptors (Lipinski definition) is 4. The first-order valence-corrected chi connectivity index (χ1v) is 7.63. The average Bonchev–Trinajstić information content (AvgIpc) is 2.59. The Hall–Kier alpha value is -2.62. The van der Waals surface area contributed by atoms with Crippen molar-refractivity contribution in [1.29, 1.82) is 0 Å². The molecule has 0 saturated heterocycles. The third-order valence-electron chi connectivity index (χ3n) is 3.26. The van der Waals surface area contributed by atoms with Crippen LogP contribution in [0.3, 0.4) is 0 Å². The number of esters is 2. The summed E-state index contributed by atoms with van der Waals surface area (Å²) in [6, 6.07) is 19.1. The Balaban J connectivity index is 1.56. The van der Waals surface area contributed by atoms with Crippen LogP contribution < -0.4 is 0 Å². The number of ether oxygens (including phenoxy) is 2. The monoisotopic (exact) mass is 312 g/mol. The molecule has 0 spiro atoms. The zero-order valence-corrected chi connectivity index (χ0v) is 12.9. The highest BCUT2D eigenvalue weighted by molar-refractivity contribution is 5.72. The first kappa shape index (κ1) is 16.7. The Morgan fingerprint density at radius 1 is 0.696 bits per heavy atom. The normalized spacial score (nSPS) is 10.1. The lowest BCUT2D eigenvalue weighted by molar-refractivity contribution is -0.151. The zero-order valence-electron chi connectivity index (χ0n) is 12.9. The summed E-state index contributed by atoms with van der Waals surface area (Å²) in [5.74, 6) is -0.607. The van der Waals surface area contributed by atoms with Gasteiger partial charge in [-0.05, 0) is 17.5 Å². The molecule has 0 N–H and O–H groups in total. The van der Waals surface area contributed by atoms with Crippen LogP contribution in [0.25, 0.3) is 0 Å². The maximum absolute atomic E-state index is 11.6. The number of rotatable bonds is 8. The topological polar surface area (TPSA) is 52.6 Å². The number of aryl methyl sites for hydroxylation is 1. The van der Waals surface area contributed by atoms with Crippen LogP contribution >= 0.6 is 0 Å². The second kappa shape index (κ2) is 9.41.